The molecule has 0 saturated carbocycles. The number of rotatable bonds is 4. The summed E-state index contributed by atoms with van der Waals surface area (Å²) in [7, 11) is 0. The van der Waals surface area contributed by atoms with Crippen LogP contribution in [0.25, 0.3) is 0 Å². The topological polar surface area (TPSA) is 86.7 Å². The van der Waals surface area contributed by atoms with E-state index in [9.17, 15) is 14.4 Å². The molecule has 0 spiro atoms. The molecule has 1 atom stereocenters. The van der Waals surface area contributed by atoms with Crippen LogP contribution < -0.4 is 5.48 Å². The molecule has 1 aliphatic heterocycles. The van der Waals surface area contributed by atoms with Crippen molar-refractivity contribution in [1.82, 2.24) is 10.4 Å². The number of benzene rings is 1. The highest BCUT2D eigenvalue weighted by molar-refractivity contribution is 6.22. The van der Waals surface area contributed by atoms with Gasteiger partial charge in [-0.3, -0.25) is 24.5 Å². The third kappa shape index (κ3) is 2.30. The van der Waals surface area contributed by atoms with Crippen molar-refractivity contribution in [2.24, 2.45) is 5.92 Å². The molecule has 2 rings (SSSR count). The molecule has 6 heteroatoms. The molecule has 1 aromatic carbocycles. The second kappa shape index (κ2) is 5.42. The van der Waals surface area contributed by atoms with Crippen molar-refractivity contribution in [3.05, 3.63) is 35.4 Å². The Labute approximate surface area is 116 Å². The fourth-order valence-electron chi connectivity index (χ4n) is 2.34. The van der Waals surface area contributed by atoms with Gasteiger partial charge in [-0.15, -0.1) is 0 Å². The van der Waals surface area contributed by atoms with Crippen LogP contribution in [0.5, 0.6) is 0 Å². The van der Waals surface area contributed by atoms with Crippen molar-refractivity contribution in [2.75, 3.05) is 0 Å². The molecule has 0 unspecified atom stereocenters. The Hall–Kier alpha value is -2.21. The zero-order valence-electron chi connectivity index (χ0n) is 11.3. The van der Waals surface area contributed by atoms with Gasteiger partial charge in [-0.05, 0) is 24.5 Å². The molecule has 1 heterocycles. The number of nitrogens with one attached hydrogen (secondary N) is 1. The first-order chi connectivity index (χ1) is 9.47. The number of imide groups is 1. The normalized spacial score (nSPS) is 15.5. The Morgan fingerprint density at radius 3 is 2.10 bits per heavy atom. The molecule has 1 aliphatic rings. The number of nitrogens with zero attached hydrogens (tertiary/aromatic N) is 1. The Kier molecular flexibility index (Phi) is 3.85. The lowest BCUT2D eigenvalue weighted by atomic mass is 10.0. The molecule has 2 N–H and O–H groups in total. The van der Waals surface area contributed by atoms with Crippen molar-refractivity contribution < 1.29 is 19.6 Å². The summed E-state index contributed by atoms with van der Waals surface area (Å²) in [6.45, 7) is 3.74. The maximum Gasteiger partial charge on any atom is 0.266 e. The van der Waals surface area contributed by atoms with E-state index >= 15 is 0 Å². The van der Waals surface area contributed by atoms with E-state index in [2.05, 4.69) is 0 Å². The quantitative estimate of drug-likeness (QED) is 0.491. The van der Waals surface area contributed by atoms with Gasteiger partial charge in [0.05, 0.1) is 11.1 Å². The van der Waals surface area contributed by atoms with Crippen molar-refractivity contribution in [3.8, 4) is 0 Å². The van der Waals surface area contributed by atoms with Crippen LogP contribution in [0.1, 0.15) is 41.0 Å². The van der Waals surface area contributed by atoms with Crippen molar-refractivity contribution in [2.45, 2.75) is 26.3 Å². The highest BCUT2D eigenvalue weighted by Crippen LogP contribution is 2.26. The summed E-state index contributed by atoms with van der Waals surface area (Å²) in [5.41, 5.74) is 2.11. The lowest BCUT2D eigenvalue weighted by Crippen LogP contribution is -2.49. The van der Waals surface area contributed by atoms with Crippen LogP contribution in [0.15, 0.2) is 24.3 Å². The van der Waals surface area contributed by atoms with Gasteiger partial charge in [0, 0.05) is 0 Å². The minimum absolute atomic E-state index is 0.0848. The Bertz CT molecular complexity index is 533. The smallest absolute Gasteiger partial charge is 0.266 e. The number of carbonyl (C=O) groups is 3. The third-order valence-corrected chi connectivity index (χ3v) is 3.24. The molecule has 20 heavy (non-hydrogen) atoms. The van der Waals surface area contributed by atoms with E-state index in [1.165, 1.54) is 5.48 Å². The first kappa shape index (κ1) is 14.2. The summed E-state index contributed by atoms with van der Waals surface area (Å²) in [6, 6.07) is 5.43. The molecule has 106 valence electrons. The Morgan fingerprint density at radius 2 is 1.70 bits per heavy atom. The van der Waals surface area contributed by atoms with Gasteiger partial charge in [0.25, 0.3) is 17.7 Å². The molecule has 0 fully saturated rings. The SMILES string of the molecule is CC(C)C[C@@H](C(=O)NO)N1C(=O)c2ccccc2C1=O. The first-order valence-electron chi connectivity index (χ1n) is 6.38. The van der Waals surface area contributed by atoms with E-state index in [4.69, 9.17) is 5.21 Å². The van der Waals surface area contributed by atoms with Gasteiger partial charge < -0.3 is 0 Å². The van der Waals surface area contributed by atoms with Crippen LogP contribution in [-0.2, 0) is 4.79 Å². The molecule has 0 saturated heterocycles. The average Bonchev–Trinajstić information content (AvgIpc) is 2.68. The van der Waals surface area contributed by atoms with Crippen molar-refractivity contribution >= 4 is 17.7 Å². The highest BCUT2D eigenvalue weighted by Gasteiger charge is 2.42. The monoisotopic (exact) mass is 276 g/mol. The zero-order valence-corrected chi connectivity index (χ0v) is 11.3. The highest BCUT2D eigenvalue weighted by atomic mass is 16.5. The number of hydroxylamine groups is 1. The van der Waals surface area contributed by atoms with Gasteiger partial charge in [-0.1, -0.05) is 26.0 Å². The number of fused-ring (bicyclic) bond motifs is 1. The zero-order chi connectivity index (χ0) is 14.9. The van der Waals surface area contributed by atoms with Gasteiger partial charge in [-0.2, -0.15) is 0 Å². The van der Waals surface area contributed by atoms with E-state index in [0.717, 1.165) is 4.90 Å². The van der Waals surface area contributed by atoms with E-state index in [1.54, 1.807) is 24.3 Å². The van der Waals surface area contributed by atoms with Gasteiger partial charge in [-0.25, -0.2) is 5.48 Å². The first-order valence-corrected chi connectivity index (χ1v) is 6.38. The number of amides is 3. The fourth-order valence-corrected chi connectivity index (χ4v) is 2.34. The number of hydrogen-bond acceptors (Lipinski definition) is 4. The van der Waals surface area contributed by atoms with Crippen molar-refractivity contribution in [3.63, 3.8) is 0 Å². The molecule has 0 aromatic heterocycles. The molecular weight excluding hydrogens is 260 g/mol. The molecule has 0 radical (unpaired) electrons. The number of hydrogen-bond donors (Lipinski definition) is 2. The minimum Gasteiger partial charge on any atom is -0.289 e. The summed E-state index contributed by atoms with van der Waals surface area (Å²) in [5, 5.41) is 8.82. The van der Waals surface area contributed by atoms with Gasteiger partial charge in [0.15, 0.2) is 0 Å². The largest absolute Gasteiger partial charge is 0.289 e. The van der Waals surface area contributed by atoms with Crippen LogP contribution in [0.4, 0.5) is 0 Å². The van der Waals surface area contributed by atoms with E-state index in [-0.39, 0.29) is 23.5 Å². The lowest BCUT2D eigenvalue weighted by molar-refractivity contribution is -0.133. The van der Waals surface area contributed by atoms with Crippen LogP contribution >= 0.6 is 0 Å². The summed E-state index contributed by atoms with van der Waals surface area (Å²) >= 11 is 0. The lowest BCUT2D eigenvalue weighted by Gasteiger charge is -2.25. The molecule has 0 bridgehead atoms. The summed E-state index contributed by atoms with van der Waals surface area (Å²) in [6.07, 6.45) is 0.290. The second-order valence-corrected chi connectivity index (χ2v) is 5.15. The van der Waals surface area contributed by atoms with Crippen LogP contribution in [-0.4, -0.2) is 33.9 Å². The molecule has 3 amide bonds. The summed E-state index contributed by atoms with van der Waals surface area (Å²) < 4.78 is 0. The van der Waals surface area contributed by atoms with Crippen LogP contribution in [0, 0.1) is 5.92 Å². The molecule has 1 aromatic rings. The Morgan fingerprint density at radius 1 is 1.20 bits per heavy atom. The second-order valence-electron chi connectivity index (χ2n) is 5.15. The maximum absolute atomic E-state index is 12.3. The maximum atomic E-state index is 12.3. The fraction of sp³-hybridized carbons (Fsp3) is 0.357. The van der Waals surface area contributed by atoms with Gasteiger partial charge in [0.2, 0.25) is 0 Å². The van der Waals surface area contributed by atoms with Crippen molar-refractivity contribution in [1.29, 1.82) is 0 Å². The van der Waals surface area contributed by atoms with Gasteiger partial charge >= 0.3 is 0 Å². The standard InChI is InChI=1S/C14H16N2O4/c1-8(2)7-11(12(17)15-20)16-13(18)9-5-3-4-6-10(9)14(16)19/h3-6,8,11,20H,7H2,1-2H3,(H,15,17)/t11-/m0/s1. The molecular formula is C14H16N2O4. The van der Waals surface area contributed by atoms with Crippen LogP contribution in [0.2, 0.25) is 0 Å². The predicted octanol–water partition coefficient (Wildman–Crippen LogP) is 1.20. The predicted molar refractivity (Wildman–Crippen MR) is 70.1 cm³/mol. The van der Waals surface area contributed by atoms with Gasteiger partial charge in [0.1, 0.15) is 6.04 Å². The summed E-state index contributed by atoms with van der Waals surface area (Å²) in [5.74, 6) is -1.67. The van der Waals surface area contributed by atoms with E-state index in [0.29, 0.717) is 0 Å². The number of carbonyl (C=O) groups excluding carboxylic acids is 3. The molecule has 6 nitrogen and oxygen atoms in total. The molecule has 0 aliphatic carbocycles. The van der Waals surface area contributed by atoms with E-state index in [1.807, 2.05) is 13.8 Å². The van der Waals surface area contributed by atoms with Crippen LogP contribution in [0.3, 0.4) is 0 Å². The summed E-state index contributed by atoms with van der Waals surface area (Å²) in [4.78, 5) is 37.3. The van der Waals surface area contributed by atoms with E-state index < -0.39 is 23.8 Å². The Balaban J connectivity index is 2.39. The third-order valence-electron chi connectivity index (χ3n) is 3.24. The average molecular weight is 276 g/mol. The minimum atomic E-state index is -1.01.